The van der Waals surface area contributed by atoms with Crippen molar-refractivity contribution in [1.29, 1.82) is 0 Å². The van der Waals surface area contributed by atoms with Crippen LogP contribution in [0.4, 0.5) is 0 Å². The molecule has 3 heterocycles. The first kappa shape index (κ1) is 37.5. The molecule has 0 spiro atoms. The van der Waals surface area contributed by atoms with Gasteiger partial charge in [0.15, 0.2) is 17.5 Å². The Bertz CT molecular complexity index is 3640. The summed E-state index contributed by atoms with van der Waals surface area (Å²) in [5, 5.41) is 5.29. The van der Waals surface area contributed by atoms with Crippen molar-refractivity contribution < 1.29 is 4.42 Å². The van der Waals surface area contributed by atoms with Crippen LogP contribution in [0.5, 0.6) is 0 Å². The number of furan rings is 1. The summed E-state index contributed by atoms with van der Waals surface area (Å²) in [4.78, 5) is 15.5. The van der Waals surface area contributed by atoms with E-state index >= 15 is 0 Å². The molecule has 12 heteroatoms. The van der Waals surface area contributed by atoms with Crippen molar-refractivity contribution in [3.8, 4) is 56.4 Å². The number of thiophene rings is 1. The summed E-state index contributed by atoms with van der Waals surface area (Å²) in [7, 11) is 46.0. The van der Waals surface area contributed by atoms with Gasteiger partial charge in [-0.05, 0) is 57.3 Å². The van der Waals surface area contributed by atoms with E-state index in [0.29, 0.717) is 28.0 Å². The van der Waals surface area contributed by atoms with E-state index in [1.165, 1.54) is 10.8 Å². The highest BCUT2D eigenvalue weighted by Crippen LogP contribution is 2.40. The Morgan fingerprint density at radius 1 is 0.377 bits per heavy atom. The zero-order valence-corrected chi connectivity index (χ0v) is 33.2. The van der Waals surface area contributed by atoms with Crippen molar-refractivity contribution >= 4 is 157 Å². The van der Waals surface area contributed by atoms with Gasteiger partial charge in [-0.2, -0.15) is 0 Å². The van der Waals surface area contributed by atoms with Gasteiger partial charge in [-0.1, -0.05) is 131 Å². The molecule has 0 saturated carbocycles. The van der Waals surface area contributed by atoms with Crippen molar-refractivity contribution in [2.24, 2.45) is 0 Å². The summed E-state index contributed by atoms with van der Waals surface area (Å²) in [6.45, 7) is 0. The molecule has 0 fully saturated rings. The lowest BCUT2D eigenvalue weighted by Crippen LogP contribution is -2.47. The van der Waals surface area contributed by atoms with E-state index in [1.54, 1.807) is 11.3 Å². The van der Waals surface area contributed by atoms with Crippen LogP contribution in [-0.4, -0.2) is 69.9 Å². The van der Waals surface area contributed by atoms with E-state index < -0.39 is 0 Å². The molecular weight excluding hydrogens is 754 g/mol. The molecular formula is C49H22B7N3OS. The molecule has 266 valence electrons. The first-order valence-corrected chi connectivity index (χ1v) is 20.3. The number of benzene rings is 8. The lowest BCUT2D eigenvalue weighted by molar-refractivity contribution is 0.675. The molecule has 0 N–H and O–H groups in total. The summed E-state index contributed by atoms with van der Waals surface area (Å²) in [5.74, 6) is 1.04. The Hall–Kier alpha value is -6.50. The highest BCUT2D eigenvalue weighted by atomic mass is 32.1. The van der Waals surface area contributed by atoms with Gasteiger partial charge in [0.1, 0.15) is 66.1 Å². The molecule has 3 aromatic heterocycles. The Labute approximate surface area is 364 Å². The second-order valence-electron chi connectivity index (χ2n) is 15.1. The summed E-state index contributed by atoms with van der Waals surface area (Å²) in [5.41, 5.74) is 7.34. The van der Waals surface area contributed by atoms with Crippen LogP contribution in [0.15, 0.2) is 138 Å². The SMILES string of the molecule is [B]c1c([B])c([B])c2c(oc3c([B])c([B])c([B])c(-c4nc(-c5cccc(-c6ccc(-c7ccc8ccccc8c7)cc6)c5)nc(-c5cccc6sc7ccccc7c56)n4)c32)c1[B]. The second kappa shape index (κ2) is 14.3. The molecule has 4 nitrogen and oxygen atoms in total. The molecule has 0 bridgehead atoms. The Morgan fingerprint density at radius 2 is 0.951 bits per heavy atom. The second-order valence-corrected chi connectivity index (χ2v) is 16.2. The van der Waals surface area contributed by atoms with Gasteiger partial charge in [0.25, 0.3) is 0 Å². The van der Waals surface area contributed by atoms with Crippen molar-refractivity contribution in [2.75, 3.05) is 0 Å². The third kappa shape index (κ3) is 5.95. The first-order chi connectivity index (χ1) is 29.6. The highest BCUT2D eigenvalue weighted by Gasteiger charge is 2.25. The summed E-state index contributed by atoms with van der Waals surface area (Å²) in [6, 6.07) is 46.0. The fourth-order valence-electron chi connectivity index (χ4n) is 8.38. The fourth-order valence-corrected chi connectivity index (χ4v) is 9.51. The zero-order valence-electron chi connectivity index (χ0n) is 32.4. The molecule has 0 saturated heterocycles. The Balaban J connectivity index is 1.13. The lowest BCUT2D eigenvalue weighted by atomic mass is 9.64. The molecule has 8 aromatic carbocycles. The van der Waals surface area contributed by atoms with Gasteiger partial charge in [-0.25, -0.2) is 15.0 Å². The maximum Gasteiger partial charge on any atom is 0.164 e. The van der Waals surface area contributed by atoms with Gasteiger partial charge in [-0.15, -0.1) is 27.7 Å². The lowest BCUT2D eigenvalue weighted by Gasteiger charge is -2.17. The quantitative estimate of drug-likeness (QED) is 0.226. The molecule has 61 heavy (non-hydrogen) atoms. The maximum atomic E-state index is 6.92. The van der Waals surface area contributed by atoms with E-state index in [0.717, 1.165) is 53.6 Å². The van der Waals surface area contributed by atoms with Crippen LogP contribution < -0.4 is 38.2 Å². The van der Waals surface area contributed by atoms with Crippen LogP contribution in [0.25, 0.3) is 109 Å². The monoisotopic (exact) mass is 777 g/mol. The van der Waals surface area contributed by atoms with Crippen LogP contribution in [0.2, 0.25) is 0 Å². The summed E-state index contributed by atoms with van der Waals surface area (Å²) < 4.78 is 8.54. The molecule has 11 rings (SSSR count). The molecule has 0 atom stereocenters. The van der Waals surface area contributed by atoms with Crippen LogP contribution >= 0.6 is 11.3 Å². The fraction of sp³-hybridized carbons (Fsp3) is 0. The Kier molecular flexibility index (Phi) is 8.80. The summed E-state index contributed by atoms with van der Waals surface area (Å²) >= 11 is 1.71. The normalized spacial score (nSPS) is 11.7. The standard InChI is InChI=1S/C49H22B7N3OS/c50-38-36-35-37(39(51)41(53)43(55)45(35)60-46(36)44(56)42(54)40(38)52)49-58-47(57-48(59-49)31-12-6-14-33-34(31)30-11-3-4-13-32(30)61-33)29-10-5-9-27(22-29)24-15-17-25(18-16-24)28-20-19-23-7-1-2-8-26(23)21-28/h1-22H. The number of hydrogen-bond donors (Lipinski definition) is 0. The smallest absolute Gasteiger partial charge is 0.164 e. The zero-order chi connectivity index (χ0) is 41.7. The van der Waals surface area contributed by atoms with Crippen molar-refractivity contribution in [3.05, 3.63) is 133 Å². The van der Waals surface area contributed by atoms with E-state index in [2.05, 4.69) is 97.1 Å². The molecule has 14 radical (unpaired) electrons. The molecule has 0 unspecified atom stereocenters. The van der Waals surface area contributed by atoms with Crippen LogP contribution in [-0.2, 0) is 0 Å². The van der Waals surface area contributed by atoms with Gasteiger partial charge in [0.2, 0.25) is 0 Å². The van der Waals surface area contributed by atoms with E-state index in [-0.39, 0.29) is 55.2 Å². The van der Waals surface area contributed by atoms with E-state index in [9.17, 15) is 0 Å². The number of hydrogen-bond acceptors (Lipinski definition) is 5. The Morgan fingerprint density at radius 3 is 1.74 bits per heavy atom. The first-order valence-electron chi connectivity index (χ1n) is 19.5. The van der Waals surface area contributed by atoms with E-state index in [4.69, 9.17) is 74.3 Å². The maximum absolute atomic E-state index is 6.92. The predicted molar refractivity (Wildman–Crippen MR) is 262 cm³/mol. The molecule has 0 aliphatic carbocycles. The third-order valence-corrected chi connectivity index (χ3v) is 12.7. The number of rotatable bonds is 5. The van der Waals surface area contributed by atoms with Crippen molar-refractivity contribution in [1.82, 2.24) is 15.0 Å². The number of nitrogens with zero attached hydrogens (tertiary/aromatic N) is 3. The van der Waals surface area contributed by atoms with E-state index in [1.807, 2.05) is 36.4 Å². The van der Waals surface area contributed by atoms with Crippen molar-refractivity contribution in [3.63, 3.8) is 0 Å². The average Bonchev–Trinajstić information content (AvgIpc) is 3.89. The average molecular weight is 776 g/mol. The van der Waals surface area contributed by atoms with Crippen LogP contribution in [0.3, 0.4) is 0 Å². The predicted octanol–water partition coefficient (Wildman–Crippen LogP) is 5.18. The summed E-state index contributed by atoms with van der Waals surface area (Å²) in [6.07, 6.45) is 0. The van der Waals surface area contributed by atoms with Gasteiger partial charge >= 0.3 is 0 Å². The van der Waals surface area contributed by atoms with Gasteiger partial charge < -0.3 is 4.42 Å². The van der Waals surface area contributed by atoms with Crippen LogP contribution in [0, 0.1) is 0 Å². The highest BCUT2D eigenvalue weighted by molar-refractivity contribution is 7.25. The number of aromatic nitrogens is 3. The third-order valence-electron chi connectivity index (χ3n) is 11.6. The minimum Gasteiger partial charge on any atom is -0.457 e. The van der Waals surface area contributed by atoms with Crippen LogP contribution in [0.1, 0.15) is 0 Å². The largest absolute Gasteiger partial charge is 0.457 e. The van der Waals surface area contributed by atoms with Gasteiger partial charge in [0, 0.05) is 47.6 Å². The molecule has 11 aromatic rings. The minimum absolute atomic E-state index is 0.0863. The number of fused-ring (bicyclic) bond motifs is 7. The molecule has 0 aliphatic rings. The molecule has 0 aliphatic heterocycles. The molecule has 0 amide bonds. The van der Waals surface area contributed by atoms with Crippen molar-refractivity contribution in [2.45, 2.75) is 0 Å². The van der Waals surface area contributed by atoms with Gasteiger partial charge in [-0.3, -0.25) is 0 Å². The van der Waals surface area contributed by atoms with Gasteiger partial charge in [0.05, 0.1) is 0 Å². The minimum atomic E-state index is 0.0863. The topological polar surface area (TPSA) is 51.8 Å².